The first-order chi connectivity index (χ1) is 19.9. The average molecular weight is 605 g/mol. The Kier molecular flexibility index (Phi) is 11.5. The minimum Gasteiger partial charge on any atom is -0.493 e. The summed E-state index contributed by atoms with van der Waals surface area (Å²) in [4.78, 5) is 24.0. The third-order valence-electron chi connectivity index (χ3n) is 6.65. The molecule has 0 aromatic heterocycles. The molecule has 0 aliphatic carbocycles. The van der Waals surface area contributed by atoms with Crippen LogP contribution in [-0.4, -0.2) is 139 Å². The van der Waals surface area contributed by atoms with Crippen molar-refractivity contribution in [2.24, 2.45) is 0 Å². The molecule has 3 rings (SSSR count). The summed E-state index contributed by atoms with van der Waals surface area (Å²) >= 11 is 0. The molecule has 2 aliphatic rings. The Labute approximate surface area is 240 Å². The molecule has 0 amide bonds. The van der Waals surface area contributed by atoms with E-state index in [0.29, 0.717) is 22.8 Å². The number of ether oxygens (including phenoxy) is 8. The molecule has 0 saturated carbocycles. The van der Waals surface area contributed by atoms with E-state index < -0.39 is 86.6 Å². The molecule has 2 heterocycles. The average Bonchev–Trinajstić information content (AvgIpc) is 3.24. The second-order valence-electron chi connectivity index (χ2n) is 9.38. The van der Waals surface area contributed by atoms with Crippen LogP contribution in [0.25, 0.3) is 6.08 Å². The van der Waals surface area contributed by atoms with Gasteiger partial charge in [-0.05, 0) is 23.8 Å². The van der Waals surface area contributed by atoms with Crippen molar-refractivity contribution < 1.29 is 78.1 Å². The van der Waals surface area contributed by atoms with Crippen LogP contribution in [0, 0.1) is 0 Å². The van der Waals surface area contributed by atoms with E-state index in [1.165, 1.54) is 27.4 Å². The standard InChI is InChI=1S/C26H36O16/c1-12(29)38-10-17-19(31)21(33)22(34)25(39-17)42-26(11-28)24(20(32)16(9-27)41-26)40-18(30)6-5-13-7-14(35-2)23(37-4)15(8-13)36-3/h5-8,16-17,19-22,24-25,27-28,31-34H,9-11H2,1-4H3. The highest BCUT2D eigenvalue weighted by Gasteiger charge is 2.60. The topological polar surface area (TPSA) is 229 Å². The highest BCUT2D eigenvalue weighted by Crippen LogP contribution is 2.39. The van der Waals surface area contributed by atoms with E-state index in [4.69, 9.17) is 37.9 Å². The van der Waals surface area contributed by atoms with Crippen LogP contribution < -0.4 is 14.2 Å². The van der Waals surface area contributed by atoms with Gasteiger partial charge in [0.15, 0.2) is 23.9 Å². The van der Waals surface area contributed by atoms with E-state index in [1.807, 2.05) is 0 Å². The number of esters is 2. The zero-order chi connectivity index (χ0) is 31.2. The number of methoxy groups -OCH3 is 3. The molecule has 2 aliphatic heterocycles. The van der Waals surface area contributed by atoms with Gasteiger partial charge in [-0.3, -0.25) is 4.79 Å². The molecular formula is C26H36O16. The number of carbonyl (C=O) groups excluding carboxylic acids is 2. The van der Waals surface area contributed by atoms with Gasteiger partial charge in [0, 0.05) is 13.0 Å². The van der Waals surface area contributed by atoms with Gasteiger partial charge in [-0.1, -0.05) is 0 Å². The van der Waals surface area contributed by atoms with Gasteiger partial charge >= 0.3 is 11.9 Å². The number of aliphatic hydroxyl groups excluding tert-OH is 6. The van der Waals surface area contributed by atoms with Crippen molar-refractivity contribution in [2.75, 3.05) is 41.2 Å². The second-order valence-corrected chi connectivity index (χ2v) is 9.38. The van der Waals surface area contributed by atoms with Crippen molar-refractivity contribution in [1.82, 2.24) is 0 Å². The molecule has 0 radical (unpaired) electrons. The Bertz CT molecular complexity index is 1080. The lowest BCUT2D eigenvalue weighted by Crippen LogP contribution is -2.63. The Morgan fingerprint density at radius 3 is 2.10 bits per heavy atom. The van der Waals surface area contributed by atoms with Crippen LogP contribution >= 0.6 is 0 Å². The first kappa shape index (κ1) is 33.4. The smallest absolute Gasteiger partial charge is 0.331 e. The SMILES string of the molecule is COc1cc(C=CC(=O)OC2C(O)C(CO)OC2(CO)OC2OC(COC(C)=O)C(O)C(O)C2O)cc(OC)c1OC. The monoisotopic (exact) mass is 604 g/mol. The van der Waals surface area contributed by atoms with E-state index in [9.17, 15) is 40.2 Å². The molecule has 0 spiro atoms. The van der Waals surface area contributed by atoms with Crippen LogP contribution in [0.1, 0.15) is 12.5 Å². The van der Waals surface area contributed by atoms with Crippen molar-refractivity contribution in [3.63, 3.8) is 0 Å². The van der Waals surface area contributed by atoms with Gasteiger partial charge in [0.2, 0.25) is 11.5 Å². The van der Waals surface area contributed by atoms with Crippen molar-refractivity contribution in [3.05, 3.63) is 23.8 Å². The molecule has 0 bridgehead atoms. The molecule has 1 aromatic rings. The van der Waals surface area contributed by atoms with Gasteiger partial charge in [-0.15, -0.1) is 0 Å². The Morgan fingerprint density at radius 2 is 1.57 bits per heavy atom. The van der Waals surface area contributed by atoms with Crippen LogP contribution in [0.2, 0.25) is 0 Å². The van der Waals surface area contributed by atoms with Crippen molar-refractivity contribution in [1.29, 1.82) is 0 Å². The maximum atomic E-state index is 12.8. The lowest BCUT2D eigenvalue weighted by Gasteiger charge is -2.43. The zero-order valence-electron chi connectivity index (χ0n) is 23.3. The largest absolute Gasteiger partial charge is 0.493 e. The lowest BCUT2D eigenvalue weighted by atomic mass is 9.99. The fourth-order valence-corrected chi connectivity index (χ4v) is 4.49. The predicted molar refractivity (Wildman–Crippen MR) is 137 cm³/mol. The molecule has 16 nitrogen and oxygen atoms in total. The van der Waals surface area contributed by atoms with Crippen LogP contribution in [0.15, 0.2) is 18.2 Å². The summed E-state index contributed by atoms with van der Waals surface area (Å²) in [7, 11) is 4.26. The maximum absolute atomic E-state index is 12.8. The Hall–Kier alpha value is -3.06. The minimum absolute atomic E-state index is 0.313. The first-order valence-corrected chi connectivity index (χ1v) is 12.7. The van der Waals surface area contributed by atoms with Gasteiger partial charge < -0.3 is 68.5 Å². The number of hydrogen-bond acceptors (Lipinski definition) is 16. The Balaban J connectivity index is 1.84. The van der Waals surface area contributed by atoms with Gasteiger partial charge in [0.25, 0.3) is 0 Å². The molecule has 2 fully saturated rings. The van der Waals surface area contributed by atoms with Gasteiger partial charge in [0.05, 0.1) is 27.9 Å². The van der Waals surface area contributed by atoms with E-state index in [-0.39, 0.29) is 0 Å². The fourth-order valence-electron chi connectivity index (χ4n) is 4.49. The summed E-state index contributed by atoms with van der Waals surface area (Å²) in [6, 6.07) is 3.10. The van der Waals surface area contributed by atoms with Crippen molar-refractivity contribution >= 4 is 18.0 Å². The number of benzene rings is 1. The number of hydrogen-bond donors (Lipinski definition) is 6. The predicted octanol–water partition coefficient (Wildman–Crippen LogP) is -2.53. The van der Waals surface area contributed by atoms with E-state index in [0.717, 1.165) is 13.0 Å². The molecule has 1 aromatic carbocycles. The summed E-state index contributed by atoms with van der Waals surface area (Å²) in [5, 5.41) is 61.8. The molecule has 9 atom stereocenters. The number of carbonyl (C=O) groups is 2. The second kappa shape index (κ2) is 14.4. The van der Waals surface area contributed by atoms with Gasteiger partial charge in [-0.2, -0.15) is 0 Å². The number of rotatable bonds is 12. The zero-order valence-corrected chi connectivity index (χ0v) is 23.3. The first-order valence-electron chi connectivity index (χ1n) is 12.7. The highest BCUT2D eigenvalue weighted by atomic mass is 16.8. The molecular weight excluding hydrogens is 568 g/mol. The summed E-state index contributed by atoms with van der Waals surface area (Å²) in [6.45, 7) is -1.30. The number of aliphatic hydroxyl groups is 6. The molecule has 2 saturated heterocycles. The minimum atomic E-state index is -2.41. The summed E-state index contributed by atoms with van der Waals surface area (Å²) in [5.74, 6) is -3.21. The molecule has 6 N–H and O–H groups in total. The van der Waals surface area contributed by atoms with Gasteiger partial charge in [-0.25, -0.2) is 4.79 Å². The summed E-state index contributed by atoms with van der Waals surface area (Å²) < 4.78 is 42.6. The summed E-state index contributed by atoms with van der Waals surface area (Å²) in [6.07, 6.45) is -11.3. The molecule has 236 valence electrons. The fraction of sp³-hybridized carbons (Fsp3) is 0.615. The van der Waals surface area contributed by atoms with E-state index in [1.54, 1.807) is 12.1 Å². The van der Waals surface area contributed by atoms with Crippen molar-refractivity contribution in [3.8, 4) is 17.2 Å². The van der Waals surface area contributed by atoms with Crippen LogP contribution in [-0.2, 0) is 33.3 Å². The van der Waals surface area contributed by atoms with E-state index in [2.05, 4.69) is 0 Å². The quantitative estimate of drug-likeness (QED) is 0.107. The lowest BCUT2D eigenvalue weighted by molar-refractivity contribution is -0.383. The van der Waals surface area contributed by atoms with Gasteiger partial charge in [0.1, 0.15) is 49.8 Å². The van der Waals surface area contributed by atoms with Crippen LogP contribution in [0.3, 0.4) is 0 Å². The molecule has 42 heavy (non-hydrogen) atoms. The van der Waals surface area contributed by atoms with Crippen LogP contribution in [0.4, 0.5) is 0 Å². The van der Waals surface area contributed by atoms with Crippen molar-refractivity contribution in [2.45, 2.75) is 61.7 Å². The third-order valence-corrected chi connectivity index (χ3v) is 6.65. The normalized spacial score (nSPS) is 32.9. The van der Waals surface area contributed by atoms with E-state index >= 15 is 0 Å². The Morgan fingerprint density at radius 1 is 0.929 bits per heavy atom. The third kappa shape index (κ3) is 7.11. The maximum Gasteiger partial charge on any atom is 0.331 e. The molecule has 9 unspecified atom stereocenters. The van der Waals surface area contributed by atoms with Crippen LogP contribution in [0.5, 0.6) is 17.2 Å². The summed E-state index contributed by atoms with van der Waals surface area (Å²) in [5.41, 5.74) is 0.438. The highest BCUT2D eigenvalue weighted by molar-refractivity contribution is 5.87. The molecule has 16 heteroatoms.